The molecule has 2 nitrogen and oxygen atoms in total. The molecule has 0 aromatic heterocycles. The Balaban J connectivity index is 1.76. The summed E-state index contributed by atoms with van der Waals surface area (Å²) in [6.07, 6.45) is 4.21. The average molecular weight is 286 g/mol. The van der Waals surface area contributed by atoms with Crippen LogP contribution in [-0.4, -0.2) is 30.1 Å². The van der Waals surface area contributed by atoms with Gasteiger partial charge in [-0.1, -0.05) is 24.1 Å². The minimum absolute atomic E-state index is 0.676. The Kier molecular flexibility index (Phi) is 4.26. The summed E-state index contributed by atoms with van der Waals surface area (Å²) in [4.78, 5) is 2.69. The van der Waals surface area contributed by atoms with Crippen molar-refractivity contribution < 1.29 is 0 Å². The van der Waals surface area contributed by atoms with Crippen molar-refractivity contribution in [3.05, 3.63) is 29.3 Å². The molecule has 1 heterocycles. The summed E-state index contributed by atoms with van der Waals surface area (Å²) in [5.41, 5.74) is 4.09. The first-order valence-electron chi connectivity index (χ1n) is 8.62. The van der Waals surface area contributed by atoms with E-state index in [4.69, 9.17) is 0 Å². The molecule has 2 aliphatic rings. The van der Waals surface area contributed by atoms with Gasteiger partial charge in [0, 0.05) is 30.9 Å². The second-order valence-electron chi connectivity index (χ2n) is 7.49. The third-order valence-corrected chi connectivity index (χ3v) is 5.54. The van der Waals surface area contributed by atoms with E-state index in [9.17, 15) is 0 Å². The van der Waals surface area contributed by atoms with Crippen molar-refractivity contribution >= 4 is 5.69 Å². The molecule has 3 rings (SSSR count). The number of nitrogens with one attached hydrogen (secondary N) is 1. The SMILES string of the molecule is Cc1ccc(NC2C3CCCC2CN(C(C)C)C3)c(C)c1. The van der Waals surface area contributed by atoms with Crippen LogP contribution in [0, 0.1) is 25.7 Å². The molecule has 116 valence electrons. The molecule has 2 fully saturated rings. The summed E-state index contributed by atoms with van der Waals surface area (Å²) < 4.78 is 0. The van der Waals surface area contributed by atoms with E-state index in [2.05, 4.69) is 56.1 Å². The molecule has 21 heavy (non-hydrogen) atoms. The van der Waals surface area contributed by atoms with Crippen molar-refractivity contribution in [3.8, 4) is 0 Å². The normalized spacial score (nSPS) is 29.7. The first-order valence-corrected chi connectivity index (χ1v) is 8.62. The molecule has 1 aromatic carbocycles. The summed E-state index contributed by atoms with van der Waals surface area (Å²) in [7, 11) is 0. The number of fused-ring (bicyclic) bond motifs is 2. The van der Waals surface area contributed by atoms with E-state index in [0.717, 1.165) is 11.8 Å². The molecule has 2 bridgehead atoms. The highest BCUT2D eigenvalue weighted by atomic mass is 15.2. The summed E-state index contributed by atoms with van der Waals surface area (Å²) in [5, 5.41) is 3.91. The molecule has 1 aromatic rings. The molecule has 1 saturated heterocycles. The quantitative estimate of drug-likeness (QED) is 0.895. The summed E-state index contributed by atoms with van der Waals surface area (Å²) >= 11 is 0. The molecule has 2 atom stereocenters. The zero-order valence-electron chi connectivity index (χ0n) is 14.0. The van der Waals surface area contributed by atoms with Gasteiger partial charge in [-0.15, -0.1) is 0 Å². The average Bonchev–Trinajstić information content (AvgIpc) is 2.41. The van der Waals surface area contributed by atoms with Crippen LogP contribution < -0.4 is 5.32 Å². The van der Waals surface area contributed by atoms with Crippen molar-refractivity contribution in [1.29, 1.82) is 0 Å². The van der Waals surface area contributed by atoms with Crippen LogP contribution in [0.2, 0.25) is 0 Å². The molecular weight excluding hydrogens is 256 g/mol. The zero-order valence-corrected chi connectivity index (χ0v) is 14.0. The summed E-state index contributed by atoms with van der Waals surface area (Å²) in [6, 6.07) is 8.16. The summed E-state index contributed by atoms with van der Waals surface area (Å²) in [5.74, 6) is 1.64. The van der Waals surface area contributed by atoms with Crippen LogP contribution >= 0.6 is 0 Å². The predicted octanol–water partition coefficient (Wildman–Crippen LogP) is 4.22. The van der Waals surface area contributed by atoms with Crippen LogP contribution in [-0.2, 0) is 0 Å². The lowest BCUT2D eigenvalue weighted by atomic mass is 9.73. The van der Waals surface area contributed by atoms with Crippen LogP contribution in [0.15, 0.2) is 18.2 Å². The topological polar surface area (TPSA) is 15.3 Å². The molecule has 0 radical (unpaired) electrons. The van der Waals surface area contributed by atoms with Crippen molar-refractivity contribution in [2.24, 2.45) is 11.8 Å². The van der Waals surface area contributed by atoms with Gasteiger partial charge in [0.2, 0.25) is 0 Å². The van der Waals surface area contributed by atoms with Gasteiger partial charge in [-0.25, -0.2) is 0 Å². The Morgan fingerprint density at radius 3 is 2.33 bits per heavy atom. The van der Waals surface area contributed by atoms with Gasteiger partial charge >= 0.3 is 0 Å². The molecule has 2 heteroatoms. The molecule has 0 amide bonds. The Labute approximate surface area is 129 Å². The number of hydrogen-bond acceptors (Lipinski definition) is 2. The predicted molar refractivity (Wildman–Crippen MR) is 90.9 cm³/mol. The Morgan fingerprint density at radius 2 is 1.76 bits per heavy atom. The maximum atomic E-state index is 3.91. The van der Waals surface area contributed by atoms with Gasteiger partial charge in [0.1, 0.15) is 0 Å². The molecule has 0 spiro atoms. The van der Waals surface area contributed by atoms with Crippen LogP contribution in [0.1, 0.15) is 44.2 Å². The van der Waals surface area contributed by atoms with Crippen LogP contribution in [0.25, 0.3) is 0 Å². The number of hydrogen-bond donors (Lipinski definition) is 1. The van der Waals surface area contributed by atoms with E-state index in [-0.39, 0.29) is 0 Å². The second-order valence-corrected chi connectivity index (χ2v) is 7.49. The van der Waals surface area contributed by atoms with Gasteiger partial charge in [-0.3, -0.25) is 0 Å². The van der Waals surface area contributed by atoms with E-state index >= 15 is 0 Å². The Morgan fingerprint density at radius 1 is 1.10 bits per heavy atom. The number of likely N-dealkylation sites (tertiary alicyclic amines) is 1. The van der Waals surface area contributed by atoms with Crippen molar-refractivity contribution in [1.82, 2.24) is 4.90 Å². The fourth-order valence-corrected chi connectivity index (χ4v) is 4.29. The van der Waals surface area contributed by atoms with Gasteiger partial charge in [-0.2, -0.15) is 0 Å². The Bertz CT molecular complexity index is 480. The van der Waals surface area contributed by atoms with Gasteiger partial charge in [0.05, 0.1) is 0 Å². The van der Waals surface area contributed by atoms with E-state index < -0.39 is 0 Å². The zero-order chi connectivity index (χ0) is 15.0. The largest absolute Gasteiger partial charge is 0.381 e. The lowest BCUT2D eigenvalue weighted by molar-refractivity contribution is 0.0518. The van der Waals surface area contributed by atoms with Crippen LogP contribution in [0.5, 0.6) is 0 Å². The standard InChI is InChI=1S/C19H30N2/c1-13(2)21-11-16-6-5-7-17(12-21)19(16)20-18-9-8-14(3)10-15(18)4/h8-10,13,16-17,19-20H,5-7,11-12H2,1-4H3. The van der Waals surface area contributed by atoms with E-state index in [0.29, 0.717) is 12.1 Å². The minimum atomic E-state index is 0.676. The van der Waals surface area contributed by atoms with Crippen molar-refractivity contribution in [2.75, 3.05) is 18.4 Å². The first kappa shape index (κ1) is 14.9. The molecule has 1 N–H and O–H groups in total. The fourth-order valence-electron chi connectivity index (χ4n) is 4.29. The highest BCUT2D eigenvalue weighted by Crippen LogP contribution is 2.37. The third-order valence-electron chi connectivity index (χ3n) is 5.54. The second kappa shape index (κ2) is 6.00. The number of rotatable bonds is 3. The molecule has 1 aliphatic heterocycles. The third kappa shape index (κ3) is 3.11. The summed E-state index contributed by atoms with van der Waals surface area (Å²) in [6.45, 7) is 11.6. The minimum Gasteiger partial charge on any atom is -0.381 e. The van der Waals surface area contributed by atoms with Gasteiger partial charge < -0.3 is 10.2 Å². The van der Waals surface area contributed by atoms with Gasteiger partial charge in [0.15, 0.2) is 0 Å². The lowest BCUT2D eigenvalue weighted by Gasteiger charge is -2.49. The van der Waals surface area contributed by atoms with E-state index in [1.54, 1.807) is 0 Å². The smallest absolute Gasteiger partial charge is 0.0372 e. The highest BCUT2D eigenvalue weighted by molar-refractivity contribution is 5.53. The Hall–Kier alpha value is -1.02. The number of nitrogens with zero attached hydrogens (tertiary/aromatic N) is 1. The molecule has 1 aliphatic carbocycles. The van der Waals surface area contributed by atoms with Crippen molar-refractivity contribution in [2.45, 2.75) is 59.0 Å². The first-order chi connectivity index (χ1) is 10.0. The van der Waals surface area contributed by atoms with Gasteiger partial charge in [0.25, 0.3) is 0 Å². The van der Waals surface area contributed by atoms with Crippen LogP contribution in [0.4, 0.5) is 5.69 Å². The lowest BCUT2D eigenvalue weighted by Crippen LogP contribution is -2.56. The molecule has 1 saturated carbocycles. The maximum absolute atomic E-state index is 3.91. The number of benzene rings is 1. The van der Waals surface area contributed by atoms with E-state index in [1.165, 1.54) is 49.2 Å². The number of aryl methyl sites for hydroxylation is 2. The number of piperidine rings is 1. The maximum Gasteiger partial charge on any atom is 0.0372 e. The van der Waals surface area contributed by atoms with E-state index in [1.807, 2.05) is 0 Å². The van der Waals surface area contributed by atoms with Crippen LogP contribution in [0.3, 0.4) is 0 Å². The fraction of sp³-hybridized carbons (Fsp3) is 0.684. The molecule has 2 unspecified atom stereocenters. The number of anilines is 1. The van der Waals surface area contributed by atoms with Crippen molar-refractivity contribution in [3.63, 3.8) is 0 Å². The highest BCUT2D eigenvalue weighted by Gasteiger charge is 2.40. The van der Waals surface area contributed by atoms with Gasteiger partial charge in [-0.05, 0) is 64.0 Å². The molecular formula is C19H30N2. The monoisotopic (exact) mass is 286 g/mol.